The van der Waals surface area contributed by atoms with Gasteiger partial charge in [-0.2, -0.15) is 13.2 Å². The Bertz CT molecular complexity index is 700. The van der Waals surface area contributed by atoms with Gasteiger partial charge in [0.05, 0.1) is 7.05 Å². The molecule has 0 aliphatic heterocycles. The zero-order valence-electron chi connectivity index (χ0n) is 8.34. The summed E-state index contributed by atoms with van der Waals surface area (Å²) < 4.78 is 23.4. The predicted octanol–water partition coefficient (Wildman–Crippen LogP) is -0.392. The molecule has 0 aromatic carbocycles. The van der Waals surface area contributed by atoms with Gasteiger partial charge in [0.15, 0.2) is 4.64 Å². The minimum absolute atomic E-state index is 0.0157. The van der Waals surface area contributed by atoms with E-state index < -0.39 is 10.3 Å². The Morgan fingerprint density at radius 1 is 1.38 bits per heavy atom. The second-order valence-electron chi connectivity index (χ2n) is 3.00. The molecule has 10 heteroatoms. The van der Waals surface area contributed by atoms with Gasteiger partial charge in [-0.15, -0.1) is 10.2 Å². The van der Waals surface area contributed by atoms with Crippen molar-refractivity contribution in [2.75, 3.05) is 0 Å². The van der Waals surface area contributed by atoms with Crippen molar-refractivity contribution >= 4 is 21.9 Å². The van der Waals surface area contributed by atoms with Crippen molar-refractivity contribution in [3.8, 4) is 11.4 Å². The monoisotopic (exact) mass is 262 g/mol. The lowest BCUT2D eigenvalue weighted by Gasteiger charge is -1.86. The molecule has 86 valence electrons. The number of rotatable bonds is 1. The van der Waals surface area contributed by atoms with Gasteiger partial charge in [0.25, 0.3) is 0 Å². The zero-order valence-corrected chi connectivity index (χ0v) is 9.91. The van der Waals surface area contributed by atoms with Crippen LogP contribution in [0.25, 0.3) is 11.4 Å². The molecule has 0 fully saturated rings. The molecule has 0 radical (unpaired) electrons. The van der Waals surface area contributed by atoms with Gasteiger partial charge in [-0.05, 0) is 5.21 Å². The van der Waals surface area contributed by atoms with Crippen LogP contribution in [0, 0.1) is 4.64 Å². The first-order valence-corrected chi connectivity index (χ1v) is 5.57. The van der Waals surface area contributed by atoms with Gasteiger partial charge >= 0.3 is 0 Å². The van der Waals surface area contributed by atoms with Gasteiger partial charge < -0.3 is 0 Å². The lowest BCUT2D eigenvalue weighted by molar-refractivity contribution is 0.621. The predicted molar refractivity (Wildman–Crippen MR) is 54.7 cm³/mol. The smallest absolute Gasteiger partial charge is 0.240 e. The van der Waals surface area contributed by atoms with Gasteiger partial charge in [0, 0.05) is 7.05 Å². The van der Waals surface area contributed by atoms with E-state index in [2.05, 4.69) is 20.5 Å². The van der Waals surface area contributed by atoms with Crippen molar-refractivity contribution in [1.82, 2.24) is 30.0 Å². The van der Waals surface area contributed by atoms with Crippen LogP contribution in [-0.2, 0) is 24.4 Å². The Morgan fingerprint density at radius 3 is 2.56 bits per heavy atom. The van der Waals surface area contributed by atoms with Crippen LogP contribution >= 0.6 is 11.6 Å². The summed E-state index contributed by atoms with van der Waals surface area (Å²) in [6.45, 7) is 0. The highest BCUT2D eigenvalue weighted by molar-refractivity contribution is 7.63. The Balaban J connectivity index is 2.91. The molecule has 0 aliphatic rings. The maximum Gasteiger partial charge on any atom is 0.240 e. The lowest BCUT2D eigenvalue weighted by Crippen LogP contribution is -1.93. The number of hydrogen-bond donors (Lipinski definition) is 1. The molecule has 0 spiro atoms. The van der Waals surface area contributed by atoms with E-state index in [4.69, 9.17) is 11.6 Å². The van der Waals surface area contributed by atoms with E-state index in [1.54, 1.807) is 7.05 Å². The van der Waals surface area contributed by atoms with Crippen LogP contribution < -0.4 is 0 Å². The molecule has 1 N–H and O–H groups in total. The second-order valence-corrected chi connectivity index (χ2v) is 4.24. The van der Waals surface area contributed by atoms with E-state index in [0.29, 0.717) is 0 Å². The van der Waals surface area contributed by atoms with Crippen LogP contribution in [0.5, 0.6) is 0 Å². The molecule has 16 heavy (non-hydrogen) atoms. The molecule has 0 unspecified atom stereocenters. The van der Waals surface area contributed by atoms with Crippen molar-refractivity contribution in [1.29, 1.82) is 0 Å². The number of aromatic amines is 1. The highest BCUT2D eigenvalue weighted by atomic mass is 35.5. The summed E-state index contributed by atoms with van der Waals surface area (Å²) >= 11 is 5.87. The quantitative estimate of drug-likeness (QED) is 0.706. The maximum absolute atomic E-state index is 11.1. The SMILES string of the molecule is Cn1nnc(-c2c(Cl)[nH]n(C)c2=S(=O)=O)n1. The van der Waals surface area contributed by atoms with E-state index >= 15 is 0 Å². The molecule has 2 rings (SSSR count). The maximum atomic E-state index is 11.1. The first kappa shape index (κ1) is 10.9. The second kappa shape index (κ2) is 3.76. The molecule has 0 saturated heterocycles. The van der Waals surface area contributed by atoms with Crippen molar-refractivity contribution in [2.24, 2.45) is 14.1 Å². The molecule has 8 nitrogen and oxygen atoms in total. The number of halogens is 1. The Labute approximate surface area is 96.0 Å². The third-order valence-electron chi connectivity index (χ3n) is 1.89. The van der Waals surface area contributed by atoms with E-state index in [9.17, 15) is 8.42 Å². The minimum Gasteiger partial charge on any atom is -0.286 e. The molecule has 0 saturated carbocycles. The fourth-order valence-electron chi connectivity index (χ4n) is 1.29. The number of aryl methyl sites for hydroxylation is 2. The number of nitrogens with one attached hydrogen (secondary N) is 1. The van der Waals surface area contributed by atoms with Gasteiger partial charge in [0.1, 0.15) is 10.7 Å². The third-order valence-corrected chi connectivity index (χ3v) is 2.96. The van der Waals surface area contributed by atoms with Crippen molar-refractivity contribution < 1.29 is 8.42 Å². The van der Waals surface area contributed by atoms with Crippen molar-refractivity contribution in [2.45, 2.75) is 0 Å². The Morgan fingerprint density at radius 2 is 2.06 bits per heavy atom. The van der Waals surface area contributed by atoms with Gasteiger partial charge in [0.2, 0.25) is 16.1 Å². The van der Waals surface area contributed by atoms with Crippen molar-refractivity contribution in [3.63, 3.8) is 0 Å². The normalized spacial score (nSPS) is 10.7. The first-order valence-electron chi connectivity index (χ1n) is 4.12. The largest absolute Gasteiger partial charge is 0.286 e. The molecule has 0 atom stereocenters. The average molecular weight is 263 g/mol. The van der Waals surface area contributed by atoms with E-state index in [0.717, 1.165) is 0 Å². The van der Waals surface area contributed by atoms with Crippen LogP contribution in [0.1, 0.15) is 0 Å². The summed E-state index contributed by atoms with van der Waals surface area (Å²) in [6, 6.07) is 0. The zero-order chi connectivity index (χ0) is 11.9. The van der Waals surface area contributed by atoms with Crippen LogP contribution in [0.4, 0.5) is 0 Å². The lowest BCUT2D eigenvalue weighted by atomic mass is 10.3. The number of H-pyrrole nitrogens is 1. The minimum atomic E-state index is -2.44. The van der Waals surface area contributed by atoms with Crippen LogP contribution in [0.15, 0.2) is 0 Å². The summed E-state index contributed by atoms with van der Waals surface area (Å²) in [6.07, 6.45) is 0. The summed E-state index contributed by atoms with van der Waals surface area (Å²) in [4.78, 5) is 1.22. The summed E-state index contributed by atoms with van der Waals surface area (Å²) in [7, 11) is 0.657. The highest BCUT2D eigenvalue weighted by Gasteiger charge is 2.16. The van der Waals surface area contributed by atoms with E-state index in [1.807, 2.05) is 0 Å². The topological polar surface area (TPSA) is 98.5 Å². The number of hydrogen-bond acceptors (Lipinski definition) is 5. The molecular weight excluding hydrogens is 256 g/mol. The summed E-state index contributed by atoms with van der Waals surface area (Å²) in [5.74, 6) is 0.156. The average Bonchev–Trinajstić information content (AvgIpc) is 2.69. The van der Waals surface area contributed by atoms with Crippen LogP contribution in [0.2, 0.25) is 5.15 Å². The highest BCUT2D eigenvalue weighted by Crippen LogP contribution is 2.23. The third kappa shape index (κ3) is 1.63. The first-order chi connectivity index (χ1) is 7.50. The van der Waals surface area contributed by atoms with Gasteiger partial charge in [-0.1, -0.05) is 11.6 Å². The summed E-state index contributed by atoms with van der Waals surface area (Å²) in [5.41, 5.74) is 0.214. The molecule has 2 heterocycles. The number of aromatic nitrogens is 6. The van der Waals surface area contributed by atoms with Crippen molar-refractivity contribution in [3.05, 3.63) is 9.79 Å². The molecule has 2 aromatic rings. The standard InChI is InChI=1S/C6H7ClN6O2S/c1-12-6(16(14)15)3(4(7)9-12)5-8-11-13(2)10-5/h9H,1-2H3. The molecule has 0 aliphatic carbocycles. The number of tetrazole rings is 1. The molecule has 2 aromatic heterocycles. The fourth-order valence-corrected chi connectivity index (χ4v) is 2.27. The van der Waals surface area contributed by atoms with Crippen LogP contribution in [0.3, 0.4) is 0 Å². The van der Waals surface area contributed by atoms with Gasteiger partial charge in [-0.3, -0.25) is 9.78 Å². The number of nitrogens with zero attached hydrogens (tertiary/aromatic N) is 5. The van der Waals surface area contributed by atoms with Gasteiger partial charge in [-0.25, -0.2) is 0 Å². The molecule has 0 bridgehead atoms. The Hall–Kier alpha value is -1.61. The Kier molecular flexibility index (Phi) is 2.56. The van der Waals surface area contributed by atoms with E-state index in [1.165, 1.54) is 16.5 Å². The van der Waals surface area contributed by atoms with Crippen LogP contribution in [-0.4, -0.2) is 38.4 Å². The summed E-state index contributed by atoms with van der Waals surface area (Å²) in [5, 5.41) is 14.0. The molecular formula is C6H7ClN6O2S. The fraction of sp³-hybridized carbons (Fsp3) is 0.333. The molecule has 0 amide bonds. The van der Waals surface area contributed by atoms with E-state index in [-0.39, 0.29) is 21.2 Å².